The van der Waals surface area contributed by atoms with Crippen molar-refractivity contribution in [1.29, 1.82) is 0 Å². The van der Waals surface area contributed by atoms with Gasteiger partial charge in [0.05, 0.1) is 0 Å². The van der Waals surface area contributed by atoms with Gasteiger partial charge in [0.2, 0.25) is 0 Å². The molecule has 0 aliphatic carbocycles. The predicted molar refractivity (Wildman–Crippen MR) is 47.4 cm³/mol. The number of hydrogen-bond donors (Lipinski definition) is 1. The van der Waals surface area contributed by atoms with Gasteiger partial charge in [-0.3, -0.25) is 4.57 Å². The lowest BCUT2D eigenvalue weighted by molar-refractivity contribution is 0.389. The van der Waals surface area contributed by atoms with Crippen molar-refractivity contribution in [2.24, 2.45) is 0 Å². The molecule has 0 bridgehead atoms. The molecule has 0 aromatic rings. The highest BCUT2D eigenvalue weighted by Crippen LogP contribution is 2.35. The monoisotopic (exact) mass is 263 g/mol. The van der Waals surface area contributed by atoms with Crippen molar-refractivity contribution in [3.63, 3.8) is 0 Å². The average Bonchev–Trinajstić information content (AvgIpc) is 1.84. The van der Waals surface area contributed by atoms with Crippen molar-refractivity contribution in [3.8, 4) is 0 Å². The molecule has 0 aromatic carbocycles. The molecule has 0 spiro atoms. The molecule has 1 unspecified atom stereocenters. The minimum absolute atomic E-state index is 0.738. The third-order valence-electron chi connectivity index (χ3n) is 0.842. The SMILES string of the molecule is COP(C)(=O)NCCI. The molecule has 5 heteroatoms. The smallest absolute Gasteiger partial charge is 0.266 e. The Balaban J connectivity index is 3.46. The molecule has 0 fully saturated rings. The summed E-state index contributed by atoms with van der Waals surface area (Å²) < 4.78 is 16.6. The Labute approximate surface area is 69.2 Å². The maximum Gasteiger partial charge on any atom is 0.266 e. The van der Waals surface area contributed by atoms with Crippen LogP contribution in [0.25, 0.3) is 0 Å². The normalized spacial score (nSPS) is 17.2. The highest BCUT2D eigenvalue weighted by molar-refractivity contribution is 14.1. The van der Waals surface area contributed by atoms with Gasteiger partial charge >= 0.3 is 0 Å². The van der Waals surface area contributed by atoms with Crippen LogP contribution in [0.2, 0.25) is 0 Å². The lowest BCUT2D eigenvalue weighted by Gasteiger charge is -2.09. The molecule has 9 heavy (non-hydrogen) atoms. The van der Waals surface area contributed by atoms with Gasteiger partial charge in [-0.05, 0) is 0 Å². The molecule has 0 aliphatic heterocycles. The molecule has 1 atom stereocenters. The van der Waals surface area contributed by atoms with E-state index in [4.69, 9.17) is 0 Å². The molecule has 0 heterocycles. The number of halogens is 1. The third kappa shape index (κ3) is 5.33. The molecule has 0 rings (SSSR count). The minimum Gasteiger partial charge on any atom is -0.321 e. The lowest BCUT2D eigenvalue weighted by Crippen LogP contribution is -2.12. The van der Waals surface area contributed by atoms with Crippen molar-refractivity contribution >= 4 is 30.1 Å². The zero-order chi connectivity index (χ0) is 7.33. The Morgan fingerprint density at radius 1 is 1.78 bits per heavy atom. The van der Waals surface area contributed by atoms with E-state index in [0.29, 0.717) is 0 Å². The fourth-order valence-corrected chi connectivity index (χ4v) is 1.65. The summed E-state index contributed by atoms with van der Waals surface area (Å²) in [7, 11) is -0.999. The minimum atomic E-state index is -2.44. The molecule has 56 valence electrons. The number of rotatable bonds is 4. The zero-order valence-electron chi connectivity index (χ0n) is 5.56. The Kier molecular flexibility index (Phi) is 5.11. The van der Waals surface area contributed by atoms with E-state index in [0.717, 1.165) is 11.0 Å². The number of alkyl halides is 1. The summed E-state index contributed by atoms with van der Waals surface area (Å²) in [5.41, 5.74) is 0. The Morgan fingerprint density at radius 2 is 2.33 bits per heavy atom. The van der Waals surface area contributed by atoms with Crippen molar-refractivity contribution in [3.05, 3.63) is 0 Å². The van der Waals surface area contributed by atoms with Crippen LogP contribution in [0.5, 0.6) is 0 Å². The summed E-state index contributed by atoms with van der Waals surface area (Å²) in [6.07, 6.45) is 0. The Bertz CT molecular complexity index is 119. The van der Waals surface area contributed by atoms with Gasteiger partial charge in [0.1, 0.15) is 0 Å². The molecule has 3 nitrogen and oxygen atoms in total. The molecular formula is C4H11INO2P. The average molecular weight is 263 g/mol. The summed E-state index contributed by atoms with van der Waals surface area (Å²) >= 11 is 2.20. The van der Waals surface area contributed by atoms with E-state index in [1.54, 1.807) is 6.66 Å². The van der Waals surface area contributed by atoms with Gasteiger partial charge in [0.15, 0.2) is 0 Å². The second-order valence-electron chi connectivity index (χ2n) is 1.63. The van der Waals surface area contributed by atoms with Gasteiger partial charge in [-0.1, -0.05) is 22.6 Å². The summed E-state index contributed by atoms with van der Waals surface area (Å²) in [5.74, 6) is 0. The van der Waals surface area contributed by atoms with Gasteiger partial charge < -0.3 is 4.52 Å². The van der Waals surface area contributed by atoms with Crippen LogP contribution in [-0.2, 0) is 9.09 Å². The van der Waals surface area contributed by atoms with E-state index >= 15 is 0 Å². The van der Waals surface area contributed by atoms with Crippen LogP contribution in [0, 0.1) is 0 Å². The van der Waals surface area contributed by atoms with E-state index in [1.165, 1.54) is 7.11 Å². The van der Waals surface area contributed by atoms with Gasteiger partial charge in [-0.25, -0.2) is 5.09 Å². The molecule has 0 amide bonds. The van der Waals surface area contributed by atoms with Crippen LogP contribution < -0.4 is 5.09 Å². The van der Waals surface area contributed by atoms with E-state index in [2.05, 4.69) is 32.2 Å². The molecular weight excluding hydrogens is 252 g/mol. The molecule has 1 N–H and O–H groups in total. The first-order chi connectivity index (χ1) is 4.12. The van der Waals surface area contributed by atoms with Crippen LogP contribution >= 0.6 is 30.1 Å². The summed E-state index contributed by atoms with van der Waals surface area (Å²) in [6.45, 7) is 2.31. The fourth-order valence-electron chi connectivity index (χ4n) is 0.310. The first kappa shape index (κ1) is 9.88. The van der Waals surface area contributed by atoms with Crippen molar-refractivity contribution < 1.29 is 9.09 Å². The van der Waals surface area contributed by atoms with Gasteiger partial charge in [0.25, 0.3) is 7.52 Å². The van der Waals surface area contributed by atoms with E-state index in [-0.39, 0.29) is 0 Å². The van der Waals surface area contributed by atoms with Crippen molar-refractivity contribution in [2.75, 3.05) is 24.7 Å². The van der Waals surface area contributed by atoms with E-state index in [1.807, 2.05) is 0 Å². The second-order valence-corrected chi connectivity index (χ2v) is 5.08. The standard InChI is InChI=1S/C4H11INO2P/c1-8-9(2,7)6-4-3-5/h3-4H2,1-2H3,(H,6,7). The third-order valence-corrected chi connectivity index (χ3v) is 2.88. The Morgan fingerprint density at radius 3 is 2.67 bits per heavy atom. The van der Waals surface area contributed by atoms with Crippen LogP contribution in [0.15, 0.2) is 0 Å². The van der Waals surface area contributed by atoms with Gasteiger partial charge in [-0.15, -0.1) is 0 Å². The van der Waals surface area contributed by atoms with Gasteiger partial charge in [-0.2, -0.15) is 0 Å². The highest BCUT2D eigenvalue weighted by Gasteiger charge is 2.09. The van der Waals surface area contributed by atoms with Crippen molar-refractivity contribution in [2.45, 2.75) is 0 Å². The van der Waals surface area contributed by atoms with Crippen LogP contribution in [-0.4, -0.2) is 24.7 Å². The second kappa shape index (κ2) is 4.66. The van der Waals surface area contributed by atoms with Gasteiger partial charge in [0, 0.05) is 24.7 Å². The highest BCUT2D eigenvalue weighted by atomic mass is 127. The van der Waals surface area contributed by atoms with Crippen LogP contribution in [0.3, 0.4) is 0 Å². The lowest BCUT2D eigenvalue weighted by atomic mass is 10.8. The number of hydrogen-bond acceptors (Lipinski definition) is 2. The van der Waals surface area contributed by atoms with Crippen LogP contribution in [0.1, 0.15) is 0 Å². The molecule has 0 aromatic heterocycles. The first-order valence-corrected chi connectivity index (χ1v) is 6.16. The quantitative estimate of drug-likeness (QED) is 0.474. The summed E-state index contributed by atoms with van der Waals surface area (Å²) in [5, 5.41) is 2.78. The van der Waals surface area contributed by atoms with E-state index in [9.17, 15) is 4.57 Å². The number of nitrogens with one attached hydrogen (secondary N) is 1. The molecule has 0 aliphatic rings. The fraction of sp³-hybridized carbons (Fsp3) is 1.00. The first-order valence-electron chi connectivity index (χ1n) is 2.57. The van der Waals surface area contributed by atoms with Crippen molar-refractivity contribution in [1.82, 2.24) is 5.09 Å². The summed E-state index contributed by atoms with van der Waals surface area (Å²) in [6, 6.07) is 0. The zero-order valence-corrected chi connectivity index (χ0v) is 8.61. The van der Waals surface area contributed by atoms with Crippen LogP contribution in [0.4, 0.5) is 0 Å². The largest absolute Gasteiger partial charge is 0.321 e. The van der Waals surface area contributed by atoms with E-state index < -0.39 is 7.52 Å². The Hall–Kier alpha value is 0.880. The molecule has 0 radical (unpaired) electrons. The topological polar surface area (TPSA) is 38.3 Å². The predicted octanol–water partition coefficient (Wildman–Crippen LogP) is 1.48. The maximum atomic E-state index is 11.0. The summed E-state index contributed by atoms with van der Waals surface area (Å²) in [4.78, 5) is 0. The molecule has 0 saturated carbocycles. The maximum absolute atomic E-state index is 11.0. The molecule has 0 saturated heterocycles.